The lowest BCUT2D eigenvalue weighted by Crippen LogP contribution is -2.42. The highest BCUT2D eigenvalue weighted by Crippen LogP contribution is 2.22. The topological polar surface area (TPSA) is 59.2 Å². The predicted molar refractivity (Wildman–Crippen MR) is 74.0 cm³/mol. The molecule has 1 aromatic rings. The lowest BCUT2D eigenvalue weighted by Gasteiger charge is -2.29. The van der Waals surface area contributed by atoms with E-state index in [0.29, 0.717) is 0 Å². The fraction of sp³-hybridized carbons (Fsp3) is 0.692. The molecule has 4 nitrogen and oxygen atoms in total. The monoisotopic (exact) mass is 267 g/mol. The summed E-state index contributed by atoms with van der Waals surface area (Å²) in [6.07, 6.45) is 3.85. The van der Waals surface area contributed by atoms with E-state index in [9.17, 15) is 4.79 Å². The van der Waals surface area contributed by atoms with Crippen molar-refractivity contribution in [1.29, 1.82) is 0 Å². The quantitative estimate of drug-likeness (QED) is 0.911. The number of nitrogens with two attached hydrogens (primary N) is 1. The maximum absolute atomic E-state index is 12.4. The molecule has 18 heavy (non-hydrogen) atoms. The Kier molecular flexibility index (Phi) is 4.35. The number of piperidine rings is 1. The van der Waals surface area contributed by atoms with Crippen LogP contribution in [0.15, 0.2) is 0 Å². The Balaban J connectivity index is 2.08. The number of aryl methyl sites for hydroxylation is 2. The highest BCUT2D eigenvalue weighted by Gasteiger charge is 2.24. The molecule has 100 valence electrons. The number of hydrogen-bond acceptors (Lipinski definition) is 4. The van der Waals surface area contributed by atoms with E-state index in [2.05, 4.69) is 11.9 Å². The number of thiazole rings is 1. The molecule has 0 unspecified atom stereocenters. The van der Waals surface area contributed by atoms with Gasteiger partial charge < -0.3 is 10.6 Å². The zero-order valence-corrected chi connectivity index (χ0v) is 11.9. The predicted octanol–water partition coefficient (Wildman–Crippen LogP) is 1.97. The second-order valence-electron chi connectivity index (χ2n) is 4.90. The van der Waals surface area contributed by atoms with E-state index in [1.165, 1.54) is 0 Å². The van der Waals surface area contributed by atoms with Gasteiger partial charge in [-0.25, -0.2) is 4.98 Å². The second-order valence-corrected chi connectivity index (χ2v) is 5.99. The van der Waals surface area contributed by atoms with Gasteiger partial charge in [0.25, 0.3) is 5.91 Å². The molecular weight excluding hydrogens is 246 g/mol. The zero-order chi connectivity index (χ0) is 13.1. The zero-order valence-electron chi connectivity index (χ0n) is 11.1. The van der Waals surface area contributed by atoms with Crippen LogP contribution in [0.4, 0.5) is 0 Å². The van der Waals surface area contributed by atoms with Crippen molar-refractivity contribution in [2.24, 2.45) is 5.73 Å². The van der Waals surface area contributed by atoms with Crippen molar-refractivity contribution < 1.29 is 4.79 Å². The van der Waals surface area contributed by atoms with Gasteiger partial charge in [0.05, 0.1) is 10.7 Å². The van der Waals surface area contributed by atoms with Crippen LogP contribution in [0.3, 0.4) is 0 Å². The van der Waals surface area contributed by atoms with Crippen LogP contribution in [-0.2, 0) is 6.42 Å². The number of aromatic nitrogens is 1. The molecule has 1 amide bonds. The van der Waals surface area contributed by atoms with Gasteiger partial charge in [-0.15, -0.1) is 11.3 Å². The van der Waals surface area contributed by atoms with Crippen molar-refractivity contribution in [2.75, 3.05) is 13.1 Å². The molecule has 5 heteroatoms. The number of likely N-dealkylation sites (tertiary alicyclic amines) is 1. The van der Waals surface area contributed by atoms with Crippen molar-refractivity contribution in [3.8, 4) is 0 Å². The molecule has 2 rings (SSSR count). The number of carbonyl (C=O) groups is 1. The summed E-state index contributed by atoms with van der Waals surface area (Å²) >= 11 is 1.55. The van der Waals surface area contributed by atoms with E-state index in [4.69, 9.17) is 5.73 Å². The number of rotatable bonds is 3. The van der Waals surface area contributed by atoms with Gasteiger partial charge >= 0.3 is 0 Å². The summed E-state index contributed by atoms with van der Waals surface area (Å²) in [5.41, 5.74) is 6.74. The molecule has 0 spiro atoms. The first-order chi connectivity index (χ1) is 8.61. The highest BCUT2D eigenvalue weighted by molar-refractivity contribution is 7.13. The molecule has 2 N–H and O–H groups in total. The van der Waals surface area contributed by atoms with Crippen LogP contribution in [0, 0.1) is 6.92 Å². The SMILES string of the molecule is CCCc1nc(C)c(C(=O)N2CCC(N)CC2)s1. The van der Waals surface area contributed by atoms with Crippen LogP contribution < -0.4 is 5.73 Å². The largest absolute Gasteiger partial charge is 0.338 e. The molecule has 2 heterocycles. The maximum Gasteiger partial charge on any atom is 0.265 e. The molecule has 1 fully saturated rings. The summed E-state index contributed by atoms with van der Waals surface area (Å²) in [7, 11) is 0. The smallest absolute Gasteiger partial charge is 0.265 e. The normalized spacial score (nSPS) is 17.2. The summed E-state index contributed by atoms with van der Waals surface area (Å²) in [5.74, 6) is 0.138. The molecule has 0 aromatic carbocycles. The molecule has 0 aliphatic carbocycles. The van der Waals surface area contributed by atoms with Crippen molar-refractivity contribution >= 4 is 17.2 Å². The maximum atomic E-state index is 12.4. The van der Waals surface area contributed by atoms with Crippen LogP contribution in [0.5, 0.6) is 0 Å². The van der Waals surface area contributed by atoms with Gasteiger partial charge in [0.2, 0.25) is 0 Å². The Bertz CT molecular complexity index is 422. The standard InChI is InChI=1S/C13H21N3OS/c1-3-4-11-15-9(2)12(18-11)13(17)16-7-5-10(14)6-8-16/h10H,3-8,14H2,1-2H3. The van der Waals surface area contributed by atoms with Crippen LogP contribution in [0.1, 0.15) is 46.6 Å². The minimum Gasteiger partial charge on any atom is -0.338 e. The second kappa shape index (κ2) is 5.80. The van der Waals surface area contributed by atoms with Gasteiger partial charge in [0.1, 0.15) is 4.88 Å². The Morgan fingerprint density at radius 3 is 2.78 bits per heavy atom. The lowest BCUT2D eigenvalue weighted by atomic mass is 10.1. The minimum absolute atomic E-state index is 0.138. The molecule has 1 aromatic heterocycles. The molecule has 1 aliphatic rings. The number of nitrogens with zero attached hydrogens (tertiary/aromatic N) is 2. The van der Waals surface area contributed by atoms with Gasteiger partial charge in [0.15, 0.2) is 0 Å². The Morgan fingerprint density at radius 1 is 1.50 bits per heavy atom. The van der Waals surface area contributed by atoms with Crippen molar-refractivity contribution in [1.82, 2.24) is 9.88 Å². The third-order valence-electron chi connectivity index (χ3n) is 3.33. The van der Waals surface area contributed by atoms with Crippen LogP contribution >= 0.6 is 11.3 Å². The van der Waals surface area contributed by atoms with Crippen molar-refractivity contribution in [3.05, 3.63) is 15.6 Å². The average Bonchev–Trinajstić information content (AvgIpc) is 2.71. The number of amides is 1. The third-order valence-corrected chi connectivity index (χ3v) is 4.53. The molecule has 1 aliphatic heterocycles. The summed E-state index contributed by atoms with van der Waals surface area (Å²) in [6.45, 7) is 5.61. The van der Waals surface area contributed by atoms with E-state index < -0.39 is 0 Å². The molecule has 0 bridgehead atoms. The fourth-order valence-electron chi connectivity index (χ4n) is 2.22. The number of hydrogen-bond donors (Lipinski definition) is 1. The van der Waals surface area contributed by atoms with E-state index in [1.54, 1.807) is 11.3 Å². The first kappa shape index (κ1) is 13.5. The molecule has 0 atom stereocenters. The molecule has 1 saturated heterocycles. The fourth-order valence-corrected chi connectivity index (χ4v) is 3.35. The van der Waals surface area contributed by atoms with Crippen LogP contribution in [0.25, 0.3) is 0 Å². The lowest BCUT2D eigenvalue weighted by molar-refractivity contribution is 0.0718. The van der Waals surface area contributed by atoms with Gasteiger partial charge in [-0.3, -0.25) is 4.79 Å². The van der Waals surface area contributed by atoms with Crippen LogP contribution in [-0.4, -0.2) is 34.9 Å². The minimum atomic E-state index is 0.138. The van der Waals surface area contributed by atoms with E-state index in [-0.39, 0.29) is 11.9 Å². The first-order valence-electron chi connectivity index (χ1n) is 6.63. The van der Waals surface area contributed by atoms with E-state index in [0.717, 1.165) is 54.4 Å². The average molecular weight is 267 g/mol. The van der Waals surface area contributed by atoms with Crippen molar-refractivity contribution in [2.45, 2.75) is 45.6 Å². The van der Waals surface area contributed by atoms with E-state index in [1.807, 2.05) is 11.8 Å². The molecular formula is C13H21N3OS. The third kappa shape index (κ3) is 2.90. The Morgan fingerprint density at radius 2 is 2.17 bits per heavy atom. The van der Waals surface area contributed by atoms with Crippen molar-refractivity contribution in [3.63, 3.8) is 0 Å². The number of carbonyl (C=O) groups excluding carboxylic acids is 1. The summed E-state index contributed by atoms with van der Waals surface area (Å²) in [6, 6.07) is 0.257. The van der Waals surface area contributed by atoms with Gasteiger partial charge in [0, 0.05) is 19.1 Å². The summed E-state index contributed by atoms with van der Waals surface area (Å²) in [5, 5.41) is 1.08. The Labute approximate surface area is 112 Å². The Hall–Kier alpha value is -0.940. The van der Waals surface area contributed by atoms with E-state index >= 15 is 0 Å². The van der Waals surface area contributed by atoms with Gasteiger partial charge in [-0.05, 0) is 32.6 Å². The highest BCUT2D eigenvalue weighted by atomic mass is 32.1. The summed E-state index contributed by atoms with van der Waals surface area (Å²) < 4.78 is 0. The first-order valence-corrected chi connectivity index (χ1v) is 7.44. The molecule has 0 saturated carbocycles. The molecule has 0 radical (unpaired) electrons. The summed E-state index contributed by atoms with van der Waals surface area (Å²) in [4.78, 5) is 19.6. The van der Waals surface area contributed by atoms with Gasteiger partial charge in [-0.2, -0.15) is 0 Å². The van der Waals surface area contributed by atoms with Gasteiger partial charge in [-0.1, -0.05) is 6.92 Å². The van der Waals surface area contributed by atoms with Crippen LogP contribution in [0.2, 0.25) is 0 Å².